The molecule has 6 rings (SSSR count). The minimum absolute atomic E-state index is 0.00698. The summed E-state index contributed by atoms with van der Waals surface area (Å²) >= 11 is 0. The molecule has 3 saturated carbocycles. The lowest BCUT2D eigenvalue weighted by Crippen LogP contribution is -2.75. The van der Waals surface area contributed by atoms with Gasteiger partial charge in [-0.2, -0.15) is 0 Å². The van der Waals surface area contributed by atoms with Gasteiger partial charge in [-0.05, 0) is 50.7 Å². The molecule has 196 valence electrons. The van der Waals surface area contributed by atoms with Crippen LogP contribution in [-0.4, -0.2) is 46.8 Å². The van der Waals surface area contributed by atoms with Crippen molar-refractivity contribution in [3.63, 3.8) is 0 Å². The number of ether oxygens (including phenoxy) is 2. The molecule has 36 heavy (non-hydrogen) atoms. The van der Waals surface area contributed by atoms with Crippen molar-refractivity contribution in [2.75, 3.05) is 0 Å². The smallest absolute Gasteiger partial charge is 0.223 e. The highest BCUT2D eigenvalue weighted by Gasteiger charge is 2.72. The normalized spacial score (nSPS) is 49.2. The molecule has 0 aromatic heterocycles. The van der Waals surface area contributed by atoms with Gasteiger partial charge in [-0.15, -0.1) is 0 Å². The lowest BCUT2D eigenvalue weighted by molar-refractivity contribution is -0.328. The molecule has 2 N–H and O–H groups in total. The molecular formula is C30H41NO5. The Morgan fingerprint density at radius 1 is 1.06 bits per heavy atom. The summed E-state index contributed by atoms with van der Waals surface area (Å²) in [6.07, 6.45) is 2.50. The second-order valence-corrected chi connectivity index (χ2v) is 13.3. The fourth-order valence-electron chi connectivity index (χ4n) is 9.27. The number of benzene rings is 1. The van der Waals surface area contributed by atoms with Crippen LogP contribution in [0.3, 0.4) is 0 Å². The lowest BCUT2D eigenvalue weighted by Gasteiger charge is -2.70. The largest absolute Gasteiger partial charge is 0.483 e. The van der Waals surface area contributed by atoms with Gasteiger partial charge in [-0.3, -0.25) is 9.59 Å². The summed E-state index contributed by atoms with van der Waals surface area (Å²) in [5, 5.41) is 14.4. The van der Waals surface area contributed by atoms with Crippen LogP contribution in [0.15, 0.2) is 30.3 Å². The van der Waals surface area contributed by atoms with E-state index in [4.69, 9.17) is 9.47 Å². The van der Waals surface area contributed by atoms with E-state index in [9.17, 15) is 14.7 Å². The molecule has 0 bridgehead atoms. The fourth-order valence-corrected chi connectivity index (χ4v) is 9.27. The summed E-state index contributed by atoms with van der Waals surface area (Å²) in [5.41, 5.74) is -1.37. The van der Waals surface area contributed by atoms with Crippen molar-refractivity contribution < 1.29 is 24.2 Å². The van der Waals surface area contributed by atoms with Gasteiger partial charge >= 0.3 is 0 Å². The van der Waals surface area contributed by atoms with Crippen molar-refractivity contribution in [1.82, 2.24) is 5.32 Å². The van der Waals surface area contributed by atoms with Gasteiger partial charge in [0.2, 0.25) is 5.91 Å². The van der Waals surface area contributed by atoms with Crippen molar-refractivity contribution >= 4 is 11.7 Å². The zero-order valence-electron chi connectivity index (χ0n) is 22.2. The highest BCUT2D eigenvalue weighted by Crippen LogP contribution is 2.68. The first-order valence-corrected chi connectivity index (χ1v) is 13.9. The van der Waals surface area contributed by atoms with Gasteiger partial charge in [-0.25, -0.2) is 0 Å². The summed E-state index contributed by atoms with van der Waals surface area (Å²) in [6, 6.07) is 9.63. The third-order valence-corrected chi connectivity index (χ3v) is 11.4. The van der Waals surface area contributed by atoms with Crippen molar-refractivity contribution in [1.29, 1.82) is 0 Å². The van der Waals surface area contributed by atoms with Crippen molar-refractivity contribution in [3.05, 3.63) is 30.3 Å². The molecule has 1 aromatic rings. The summed E-state index contributed by atoms with van der Waals surface area (Å²) in [5.74, 6) is 1.16. The summed E-state index contributed by atoms with van der Waals surface area (Å²) < 4.78 is 13.8. The van der Waals surface area contributed by atoms with Gasteiger partial charge in [0.1, 0.15) is 5.75 Å². The van der Waals surface area contributed by atoms with E-state index in [1.54, 1.807) is 0 Å². The number of aliphatic hydroxyl groups is 1. The van der Waals surface area contributed by atoms with Crippen LogP contribution in [0, 0.1) is 40.4 Å². The lowest BCUT2D eigenvalue weighted by atomic mass is 9.42. The number of amides is 1. The number of nitrogens with one attached hydrogen (secondary N) is 1. The molecule has 5 fully saturated rings. The minimum atomic E-state index is -0.603. The summed E-state index contributed by atoms with van der Waals surface area (Å²) in [7, 11) is 0. The van der Waals surface area contributed by atoms with E-state index in [2.05, 4.69) is 39.9 Å². The average molecular weight is 496 g/mol. The van der Waals surface area contributed by atoms with Crippen molar-refractivity contribution in [2.45, 2.75) is 96.7 Å². The molecule has 2 heterocycles. The molecule has 1 aromatic carbocycles. The number of para-hydroxylation sites is 1. The Bertz CT molecular complexity index is 1060. The van der Waals surface area contributed by atoms with E-state index >= 15 is 0 Å². The maximum atomic E-state index is 13.9. The summed E-state index contributed by atoms with van der Waals surface area (Å²) in [4.78, 5) is 26.7. The predicted molar refractivity (Wildman–Crippen MR) is 135 cm³/mol. The molecule has 11 unspecified atom stereocenters. The Hall–Kier alpha value is -1.92. The van der Waals surface area contributed by atoms with Crippen LogP contribution < -0.4 is 10.1 Å². The number of aliphatic hydroxyl groups excluding tert-OH is 1. The molecular weight excluding hydrogens is 454 g/mol. The van der Waals surface area contributed by atoms with Gasteiger partial charge in [0.25, 0.3) is 0 Å². The van der Waals surface area contributed by atoms with Crippen LogP contribution >= 0.6 is 0 Å². The topological polar surface area (TPSA) is 84.9 Å². The molecule has 1 spiro atoms. The van der Waals surface area contributed by atoms with Crippen LogP contribution in [0.4, 0.5) is 0 Å². The number of ketones is 1. The van der Waals surface area contributed by atoms with Crippen LogP contribution in [0.2, 0.25) is 0 Å². The Kier molecular flexibility index (Phi) is 5.45. The minimum Gasteiger partial charge on any atom is -0.483 e. The van der Waals surface area contributed by atoms with Crippen molar-refractivity contribution in [3.8, 4) is 5.75 Å². The third-order valence-electron chi connectivity index (χ3n) is 11.4. The van der Waals surface area contributed by atoms with E-state index < -0.39 is 23.2 Å². The number of hydrogen-bond acceptors (Lipinski definition) is 5. The third kappa shape index (κ3) is 3.16. The Labute approximate surface area is 214 Å². The molecule has 11 atom stereocenters. The van der Waals surface area contributed by atoms with Crippen LogP contribution in [-0.2, 0) is 14.3 Å². The Morgan fingerprint density at radius 3 is 2.50 bits per heavy atom. The zero-order chi connectivity index (χ0) is 25.6. The molecule has 0 radical (unpaired) electrons. The second-order valence-electron chi connectivity index (χ2n) is 13.3. The first-order chi connectivity index (χ1) is 17.0. The fraction of sp³-hybridized carbons (Fsp3) is 0.733. The molecule has 2 saturated heterocycles. The number of fused-ring (bicyclic) bond motifs is 3. The van der Waals surface area contributed by atoms with E-state index in [1.807, 2.05) is 30.3 Å². The maximum Gasteiger partial charge on any atom is 0.223 e. The molecule has 1 amide bonds. The Balaban J connectivity index is 1.45. The van der Waals surface area contributed by atoms with E-state index in [-0.39, 0.29) is 52.9 Å². The Morgan fingerprint density at radius 2 is 1.78 bits per heavy atom. The van der Waals surface area contributed by atoms with E-state index in [1.165, 1.54) is 0 Å². The monoisotopic (exact) mass is 495 g/mol. The number of carbonyl (C=O) groups is 2. The molecule has 5 aliphatic rings. The zero-order valence-corrected chi connectivity index (χ0v) is 22.2. The van der Waals surface area contributed by atoms with Gasteiger partial charge in [0.05, 0.1) is 17.8 Å². The van der Waals surface area contributed by atoms with Crippen LogP contribution in [0.1, 0.15) is 66.7 Å². The number of carbonyl (C=O) groups excluding carboxylic acids is 2. The van der Waals surface area contributed by atoms with Gasteiger partial charge in [0.15, 0.2) is 11.9 Å². The number of Topliss-reactive ketones (excluding diaryl/α,β-unsaturated/α-hetero) is 1. The molecule has 2 aliphatic heterocycles. The van der Waals surface area contributed by atoms with Crippen molar-refractivity contribution in [2.24, 2.45) is 40.4 Å². The second kappa shape index (κ2) is 8.04. The molecule has 6 heteroatoms. The predicted octanol–water partition coefficient (Wildman–Crippen LogP) is 4.14. The van der Waals surface area contributed by atoms with Gasteiger partial charge in [-0.1, -0.05) is 45.9 Å². The molecule has 6 nitrogen and oxygen atoms in total. The van der Waals surface area contributed by atoms with E-state index in [0.717, 1.165) is 19.3 Å². The number of rotatable bonds is 2. The molecule has 3 aliphatic carbocycles. The standard InChI is InChI=1S/C30H41NO5/c1-16-11-12-23-28(3,4)26(33)22(35-18-9-7-6-8-10-18)15-30(23)29(16,5)14-20-21(32)13-19-24(25(20)36-30)17(2)31-27(19)34/h6-10,16-17,19-25,32H,11-15H2,1-5H3,(H,31,34). The quantitative estimate of drug-likeness (QED) is 0.644. The number of hydrogen-bond donors (Lipinski definition) is 2. The highest BCUT2D eigenvalue weighted by molar-refractivity contribution is 5.90. The van der Waals surface area contributed by atoms with Crippen LogP contribution in [0.5, 0.6) is 5.75 Å². The first kappa shape index (κ1) is 24.4. The van der Waals surface area contributed by atoms with E-state index in [0.29, 0.717) is 24.5 Å². The highest BCUT2D eigenvalue weighted by atomic mass is 16.5. The SMILES string of the molecule is CC1NC(=O)C2CC(O)C3CC4(C)C(C)CCC5C(C)(C)C(=O)C(Oc6ccccc6)CC54OC3C12. The first-order valence-electron chi connectivity index (χ1n) is 13.9. The summed E-state index contributed by atoms with van der Waals surface area (Å²) in [6.45, 7) is 10.9. The van der Waals surface area contributed by atoms with Gasteiger partial charge < -0.3 is 19.9 Å². The van der Waals surface area contributed by atoms with Gasteiger partial charge in [0, 0.05) is 47.0 Å². The maximum absolute atomic E-state index is 13.9. The average Bonchev–Trinajstić information content (AvgIpc) is 3.11. The van der Waals surface area contributed by atoms with Crippen LogP contribution in [0.25, 0.3) is 0 Å².